The van der Waals surface area contributed by atoms with Crippen LogP contribution in [0.2, 0.25) is 0 Å². The third-order valence-corrected chi connectivity index (χ3v) is 4.15. The van der Waals surface area contributed by atoms with Gasteiger partial charge in [-0.3, -0.25) is 4.79 Å². The van der Waals surface area contributed by atoms with Gasteiger partial charge in [-0.25, -0.2) is 0 Å². The predicted octanol–water partition coefficient (Wildman–Crippen LogP) is 2.20. The third kappa shape index (κ3) is 2.85. The number of aromatic amines is 1. The summed E-state index contributed by atoms with van der Waals surface area (Å²) in [7, 11) is 0. The quantitative estimate of drug-likeness (QED) is 0.781. The minimum Gasteiger partial charge on any atom is -0.361 e. The van der Waals surface area contributed by atoms with Crippen LogP contribution >= 0.6 is 0 Å². The van der Waals surface area contributed by atoms with Crippen molar-refractivity contribution in [3.8, 4) is 0 Å². The Morgan fingerprint density at radius 3 is 2.75 bits per heavy atom. The first-order valence-corrected chi connectivity index (χ1v) is 7.02. The van der Waals surface area contributed by atoms with Crippen molar-refractivity contribution in [2.75, 3.05) is 6.54 Å². The number of para-hydroxylation sites is 1. The Balaban J connectivity index is 2.12. The van der Waals surface area contributed by atoms with Gasteiger partial charge in [-0.2, -0.15) is 0 Å². The second kappa shape index (κ2) is 5.67. The van der Waals surface area contributed by atoms with Gasteiger partial charge >= 0.3 is 0 Å². The molecule has 1 aromatic carbocycles. The molecule has 0 aliphatic rings. The average Bonchev–Trinajstić information content (AvgIpc) is 2.82. The smallest absolute Gasteiger partial charge is 0.224 e. The number of hydrogen-bond acceptors (Lipinski definition) is 2. The summed E-state index contributed by atoms with van der Waals surface area (Å²) >= 11 is 0. The van der Waals surface area contributed by atoms with Crippen molar-refractivity contribution in [1.29, 1.82) is 0 Å². The van der Waals surface area contributed by atoms with Crippen LogP contribution < -0.4 is 11.1 Å². The summed E-state index contributed by atoms with van der Waals surface area (Å²) in [5.41, 5.74) is 7.51. The number of amides is 1. The highest BCUT2D eigenvalue weighted by atomic mass is 16.1. The molecule has 0 aliphatic carbocycles. The van der Waals surface area contributed by atoms with Gasteiger partial charge < -0.3 is 16.0 Å². The first kappa shape index (κ1) is 14.6. The fourth-order valence-corrected chi connectivity index (χ4v) is 2.24. The van der Waals surface area contributed by atoms with Crippen molar-refractivity contribution < 1.29 is 4.79 Å². The summed E-state index contributed by atoms with van der Waals surface area (Å²) in [6.07, 6.45) is 2.27. The zero-order chi connectivity index (χ0) is 14.8. The second-order valence-electron chi connectivity index (χ2n) is 5.86. The van der Waals surface area contributed by atoms with Crippen molar-refractivity contribution in [2.45, 2.75) is 32.7 Å². The van der Waals surface area contributed by atoms with E-state index in [1.165, 1.54) is 0 Å². The first-order chi connectivity index (χ1) is 9.46. The number of nitrogens with one attached hydrogen (secondary N) is 2. The monoisotopic (exact) mass is 273 g/mol. The van der Waals surface area contributed by atoms with Crippen LogP contribution in [0.15, 0.2) is 30.5 Å². The van der Waals surface area contributed by atoms with E-state index < -0.39 is 0 Å². The van der Waals surface area contributed by atoms with Gasteiger partial charge in [0.1, 0.15) is 0 Å². The summed E-state index contributed by atoms with van der Waals surface area (Å²) in [6, 6.07) is 8.00. The number of hydrogen-bond donors (Lipinski definition) is 3. The molecule has 4 nitrogen and oxygen atoms in total. The van der Waals surface area contributed by atoms with E-state index in [1.807, 2.05) is 37.4 Å². The molecule has 1 aromatic heterocycles. The highest BCUT2D eigenvalue weighted by Gasteiger charge is 2.28. The van der Waals surface area contributed by atoms with Crippen LogP contribution in [0.5, 0.6) is 0 Å². The molecule has 2 rings (SSSR count). The lowest BCUT2D eigenvalue weighted by atomic mass is 9.88. The molecule has 20 heavy (non-hydrogen) atoms. The highest BCUT2D eigenvalue weighted by molar-refractivity contribution is 5.89. The van der Waals surface area contributed by atoms with Gasteiger partial charge in [-0.05, 0) is 24.5 Å². The van der Waals surface area contributed by atoms with E-state index >= 15 is 0 Å². The summed E-state index contributed by atoms with van der Waals surface area (Å²) in [4.78, 5) is 15.4. The van der Waals surface area contributed by atoms with Crippen LogP contribution in [0.25, 0.3) is 10.9 Å². The van der Waals surface area contributed by atoms with E-state index in [0.29, 0.717) is 18.9 Å². The predicted molar refractivity (Wildman–Crippen MR) is 82.4 cm³/mol. The molecule has 0 saturated heterocycles. The fourth-order valence-electron chi connectivity index (χ4n) is 2.24. The minimum atomic E-state index is -0.358. The molecule has 2 aromatic rings. The van der Waals surface area contributed by atoms with Gasteiger partial charge in [0.15, 0.2) is 0 Å². The Kier molecular flexibility index (Phi) is 4.14. The molecular weight excluding hydrogens is 250 g/mol. The first-order valence-electron chi connectivity index (χ1n) is 7.02. The highest BCUT2D eigenvalue weighted by Crippen LogP contribution is 2.19. The number of fused-ring (bicyclic) bond motifs is 1. The summed E-state index contributed by atoms with van der Waals surface area (Å²) in [6.45, 7) is 6.56. The molecule has 1 amide bonds. The molecule has 0 fully saturated rings. The second-order valence-corrected chi connectivity index (χ2v) is 5.86. The van der Waals surface area contributed by atoms with E-state index in [1.54, 1.807) is 0 Å². The molecule has 0 radical (unpaired) electrons. The van der Waals surface area contributed by atoms with Crippen molar-refractivity contribution >= 4 is 16.8 Å². The standard InChI is InChI=1S/C16H23N3O/c1-11(2)16(3,10-17)19-15(20)8-12-9-18-14-7-5-4-6-13(12)14/h4-7,9,11,18H,8,10,17H2,1-3H3,(H,19,20). The van der Waals surface area contributed by atoms with Crippen LogP contribution in [0, 0.1) is 5.92 Å². The lowest BCUT2D eigenvalue weighted by molar-refractivity contribution is -0.122. The maximum absolute atomic E-state index is 12.3. The van der Waals surface area contributed by atoms with Gasteiger partial charge in [0.2, 0.25) is 5.91 Å². The number of benzene rings is 1. The Morgan fingerprint density at radius 1 is 1.40 bits per heavy atom. The van der Waals surface area contributed by atoms with E-state index in [2.05, 4.69) is 24.1 Å². The molecule has 0 spiro atoms. The van der Waals surface area contributed by atoms with Crippen molar-refractivity contribution in [2.24, 2.45) is 11.7 Å². The van der Waals surface area contributed by atoms with Crippen LogP contribution in [-0.4, -0.2) is 23.0 Å². The number of H-pyrrole nitrogens is 1. The lowest BCUT2D eigenvalue weighted by Gasteiger charge is -2.33. The molecular formula is C16H23N3O. The Hall–Kier alpha value is -1.81. The zero-order valence-electron chi connectivity index (χ0n) is 12.4. The van der Waals surface area contributed by atoms with Crippen LogP contribution in [0.1, 0.15) is 26.3 Å². The third-order valence-electron chi connectivity index (χ3n) is 4.15. The topological polar surface area (TPSA) is 70.9 Å². The Morgan fingerprint density at radius 2 is 2.10 bits per heavy atom. The maximum Gasteiger partial charge on any atom is 0.224 e. The van der Waals surface area contributed by atoms with Crippen molar-refractivity contribution in [3.05, 3.63) is 36.0 Å². The number of carbonyl (C=O) groups excluding carboxylic acids is 1. The van der Waals surface area contributed by atoms with E-state index in [4.69, 9.17) is 5.73 Å². The number of aromatic nitrogens is 1. The number of carbonyl (C=O) groups is 1. The average molecular weight is 273 g/mol. The Bertz CT molecular complexity index is 603. The molecule has 108 valence electrons. The van der Waals surface area contributed by atoms with Gasteiger partial charge in [0, 0.05) is 23.6 Å². The molecule has 4 heteroatoms. The summed E-state index contributed by atoms with van der Waals surface area (Å²) in [5, 5.41) is 4.17. The van der Waals surface area contributed by atoms with E-state index in [9.17, 15) is 4.79 Å². The molecule has 4 N–H and O–H groups in total. The fraction of sp³-hybridized carbons (Fsp3) is 0.438. The van der Waals surface area contributed by atoms with E-state index in [0.717, 1.165) is 16.5 Å². The van der Waals surface area contributed by atoms with Crippen molar-refractivity contribution in [1.82, 2.24) is 10.3 Å². The van der Waals surface area contributed by atoms with Crippen molar-refractivity contribution in [3.63, 3.8) is 0 Å². The molecule has 0 aliphatic heterocycles. The zero-order valence-corrected chi connectivity index (χ0v) is 12.4. The Labute approximate surface area is 119 Å². The summed E-state index contributed by atoms with van der Waals surface area (Å²) in [5.74, 6) is 0.302. The van der Waals surface area contributed by atoms with Crippen LogP contribution in [-0.2, 0) is 11.2 Å². The maximum atomic E-state index is 12.3. The van der Waals surface area contributed by atoms with Gasteiger partial charge in [-0.15, -0.1) is 0 Å². The molecule has 1 heterocycles. The van der Waals surface area contributed by atoms with Gasteiger partial charge in [0.25, 0.3) is 0 Å². The van der Waals surface area contributed by atoms with Crippen LogP contribution in [0.4, 0.5) is 0 Å². The molecule has 0 bridgehead atoms. The van der Waals surface area contributed by atoms with Gasteiger partial charge in [-0.1, -0.05) is 32.0 Å². The number of nitrogens with two attached hydrogens (primary N) is 1. The van der Waals surface area contributed by atoms with Gasteiger partial charge in [0.05, 0.1) is 12.0 Å². The summed E-state index contributed by atoms with van der Waals surface area (Å²) < 4.78 is 0. The van der Waals surface area contributed by atoms with E-state index in [-0.39, 0.29) is 11.4 Å². The molecule has 1 unspecified atom stereocenters. The lowest BCUT2D eigenvalue weighted by Crippen LogP contribution is -2.55. The SMILES string of the molecule is CC(C)C(C)(CN)NC(=O)Cc1c[nH]c2ccccc12. The largest absolute Gasteiger partial charge is 0.361 e. The number of rotatable bonds is 5. The molecule has 0 saturated carbocycles. The minimum absolute atomic E-state index is 0.0106. The normalized spacial score (nSPS) is 14.4. The molecule has 1 atom stereocenters. The van der Waals surface area contributed by atoms with Crippen LogP contribution in [0.3, 0.4) is 0 Å².